The molecule has 2 aliphatic rings. The molecule has 2 aromatic rings. The van der Waals surface area contributed by atoms with Crippen LogP contribution >= 0.6 is 0 Å². The molecular formula is C19H17NO2. The summed E-state index contributed by atoms with van der Waals surface area (Å²) in [5.74, 6) is 0.174. The normalized spacial score (nSPS) is 26.7. The fraction of sp³-hybridized carbons (Fsp3) is 0.263. The molecule has 1 aliphatic heterocycles. The van der Waals surface area contributed by atoms with Crippen LogP contribution in [0.3, 0.4) is 0 Å². The minimum Gasteiger partial charge on any atom is -0.278 e. The van der Waals surface area contributed by atoms with E-state index in [0.29, 0.717) is 13.0 Å². The second-order valence-corrected chi connectivity index (χ2v) is 6.27. The lowest BCUT2D eigenvalue weighted by atomic mass is 9.97. The van der Waals surface area contributed by atoms with E-state index in [2.05, 4.69) is 12.1 Å². The maximum Gasteiger partial charge on any atom is 0.236 e. The number of carbonyl (C=O) groups excluding carboxylic acids is 2. The second kappa shape index (κ2) is 4.80. The highest BCUT2D eigenvalue weighted by molar-refractivity contribution is 6.08. The molecule has 22 heavy (non-hydrogen) atoms. The van der Waals surface area contributed by atoms with Gasteiger partial charge in [-0.2, -0.15) is 0 Å². The van der Waals surface area contributed by atoms with Crippen molar-refractivity contribution in [3.8, 4) is 0 Å². The van der Waals surface area contributed by atoms with Crippen LogP contribution in [0.4, 0.5) is 0 Å². The van der Waals surface area contributed by atoms with Crippen molar-refractivity contribution in [2.45, 2.75) is 25.3 Å². The van der Waals surface area contributed by atoms with E-state index in [0.717, 1.165) is 12.0 Å². The Labute approximate surface area is 129 Å². The third-order valence-electron chi connectivity index (χ3n) is 4.90. The fourth-order valence-corrected chi connectivity index (χ4v) is 3.61. The van der Waals surface area contributed by atoms with E-state index >= 15 is 0 Å². The summed E-state index contributed by atoms with van der Waals surface area (Å²) in [4.78, 5) is 26.6. The minimum atomic E-state index is -0.465. The Hall–Kier alpha value is -2.42. The summed E-state index contributed by atoms with van der Waals surface area (Å²) in [5, 5.41) is 0. The molecule has 4 rings (SSSR count). The van der Waals surface area contributed by atoms with Crippen molar-refractivity contribution in [1.82, 2.24) is 4.90 Å². The number of carbonyl (C=O) groups is 2. The van der Waals surface area contributed by atoms with Crippen molar-refractivity contribution in [2.24, 2.45) is 5.41 Å². The lowest BCUT2D eigenvalue weighted by molar-refractivity contribution is -0.140. The molecule has 2 fully saturated rings. The molecule has 2 aromatic carbocycles. The number of nitrogens with zero attached hydrogens (tertiary/aromatic N) is 1. The second-order valence-electron chi connectivity index (χ2n) is 6.27. The number of benzene rings is 2. The van der Waals surface area contributed by atoms with E-state index in [1.807, 2.05) is 48.5 Å². The highest BCUT2D eigenvalue weighted by Gasteiger charge is 2.66. The van der Waals surface area contributed by atoms with Crippen LogP contribution in [0.15, 0.2) is 60.7 Å². The molecule has 1 heterocycles. The van der Waals surface area contributed by atoms with Crippen LogP contribution in [-0.2, 0) is 16.1 Å². The topological polar surface area (TPSA) is 37.4 Å². The van der Waals surface area contributed by atoms with Crippen molar-refractivity contribution >= 4 is 11.8 Å². The molecule has 2 atom stereocenters. The van der Waals surface area contributed by atoms with Gasteiger partial charge in [-0.05, 0) is 23.5 Å². The zero-order valence-electron chi connectivity index (χ0n) is 12.2. The summed E-state index contributed by atoms with van der Waals surface area (Å²) in [6.45, 7) is 0.391. The first-order valence-electron chi connectivity index (χ1n) is 7.64. The molecule has 2 amide bonds. The van der Waals surface area contributed by atoms with E-state index < -0.39 is 5.41 Å². The first-order chi connectivity index (χ1) is 10.7. The summed E-state index contributed by atoms with van der Waals surface area (Å²) >= 11 is 0. The largest absolute Gasteiger partial charge is 0.278 e. The molecule has 1 aliphatic carbocycles. The number of hydrogen-bond donors (Lipinski definition) is 0. The van der Waals surface area contributed by atoms with Crippen LogP contribution in [0.1, 0.15) is 29.9 Å². The molecule has 3 nitrogen and oxygen atoms in total. The van der Waals surface area contributed by atoms with Gasteiger partial charge in [0.25, 0.3) is 0 Å². The molecule has 3 heteroatoms. The molecular weight excluding hydrogens is 274 g/mol. The van der Waals surface area contributed by atoms with Crippen LogP contribution < -0.4 is 0 Å². The third kappa shape index (κ3) is 1.97. The van der Waals surface area contributed by atoms with Crippen LogP contribution in [0, 0.1) is 5.41 Å². The first-order valence-corrected chi connectivity index (χ1v) is 7.64. The van der Waals surface area contributed by atoms with Gasteiger partial charge in [-0.1, -0.05) is 60.7 Å². The van der Waals surface area contributed by atoms with Gasteiger partial charge >= 0.3 is 0 Å². The first kappa shape index (κ1) is 13.3. The molecule has 1 saturated carbocycles. The van der Waals surface area contributed by atoms with Gasteiger partial charge in [0.05, 0.1) is 12.0 Å². The van der Waals surface area contributed by atoms with Crippen molar-refractivity contribution in [1.29, 1.82) is 0 Å². The molecule has 1 saturated heterocycles. The van der Waals surface area contributed by atoms with Crippen LogP contribution in [0.2, 0.25) is 0 Å². The number of amides is 2. The van der Waals surface area contributed by atoms with Crippen LogP contribution in [-0.4, -0.2) is 16.7 Å². The van der Waals surface area contributed by atoms with E-state index in [-0.39, 0.29) is 17.7 Å². The number of hydrogen-bond acceptors (Lipinski definition) is 2. The lowest BCUT2D eigenvalue weighted by Gasteiger charge is -2.15. The third-order valence-corrected chi connectivity index (χ3v) is 4.90. The van der Waals surface area contributed by atoms with Crippen LogP contribution in [0.5, 0.6) is 0 Å². The lowest BCUT2D eigenvalue weighted by Crippen LogP contribution is -2.30. The zero-order valence-corrected chi connectivity index (χ0v) is 12.2. The van der Waals surface area contributed by atoms with Crippen molar-refractivity contribution in [3.05, 3.63) is 71.8 Å². The molecule has 2 unspecified atom stereocenters. The molecule has 0 radical (unpaired) electrons. The molecule has 0 bridgehead atoms. The Morgan fingerprint density at radius 1 is 0.955 bits per heavy atom. The summed E-state index contributed by atoms with van der Waals surface area (Å²) in [7, 11) is 0. The zero-order chi connectivity index (χ0) is 15.2. The highest BCUT2D eigenvalue weighted by Crippen LogP contribution is 2.65. The molecule has 0 aromatic heterocycles. The fourth-order valence-electron chi connectivity index (χ4n) is 3.61. The summed E-state index contributed by atoms with van der Waals surface area (Å²) < 4.78 is 0. The maximum atomic E-state index is 12.8. The Morgan fingerprint density at radius 3 is 2.27 bits per heavy atom. The van der Waals surface area contributed by atoms with E-state index in [9.17, 15) is 9.59 Å². The van der Waals surface area contributed by atoms with Gasteiger partial charge in [0.2, 0.25) is 11.8 Å². The van der Waals surface area contributed by atoms with Gasteiger partial charge in [-0.3, -0.25) is 14.5 Å². The van der Waals surface area contributed by atoms with Crippen molar-refractivity contribution in [3.63, 3.8) is 0 Å². The average Bonchev–Trinajstić information content (AvgIpc) is 3.23. The Balaban J connectivity index is 1.56. The van der Waals surface area contributed by atoms with E-state index in [1.54, 1.807) is 0 Å². The van der Waals surface area contributed by atoms with Gasteiger partial charge in [-0.15, -0.1) is 0 Å². The van der Waals surface area contributed by atoms with Gasteiger partial charge in [0, 0.05) is 6.42 Å². The SMILES string of the molecule is O=C1CC2(CC2c2ccccc2)C(=O)N1Cc1ccccc1. The summed E-state index contributed by atoms with van der Waals surface area (Å²) in [6.07, 6.45) is 1.16. The number of imide groups is 1. The predicted octanol–water partition coefficient (Wildman–Crippen LogP) is 3.12. The predicted molar refractivity (Wildman–Crippen MR) is 82.8 cm³/mol. The Morgan fingerprint density at radius 2 is 1.59 bits per heavy atom. The highest BCUT2D eigenvalue weighted by atomic mass is 16.2. The van der Waals surface area contributed by atoms with Gasteiger partial charge in [-0.25, -0.2) is 0 Å². The Bertz CT molecular complexity index is 726. The quantitative estimate of drug-likeness (QED) is 0.815. The monoisotopic (exact) mass is 291 g/mol. The molecule has 0 N–H and O–H groups in total. The summed E-state index contributed by atoms with van der Waals surface area (Å²) in [5.41, 5.74) is 1.70. The molecule has 1 spiro atoms. The Kier molecular flexibility index (Phi) is 2.89. The van der Waals surface area contributed by atoms with E-state index in [4.69, 9.17) is 0 Å². The smallest absolute Gasteiger partial charge is 0.236 e. The van der Waals surface area contributed by atoms with Gasteiger partial charge in [0.1, 0.15) is 0 Å². The van der Waals surface area contributed by atoms with Crippen LogP contribution in [0.25, 0.3) is 0 Å². The van der Waals surface area contributed by atoms with Crippen molar-refractivity contribution in [2.75, 3.05) is 0 Å². The number of likely N-dealkylation sites (tertiary alicyclic amines) is 1. The summed E-state index contributed by atoms with van der Waals surface area (Å²) in [6, 6.07) is 19.8. The van der Waals surface area contributed by atoms with Crippen molar-refractivity contribution < 1.29 is 9.59 Å². The maximum absolute atomic E-state index is 12.8. The van der Waals surface area contributed by atoms with Gasteiger partial charge < -0.3 is 0 Å². The number of rotatable bonds is 3. The van der Waals surface area contributed by atoms with E-state index in [1.165, 1.54) is 10.5 Å². The average molecular weight is 291 g/mol. The molecule has 110 valence electrons. The standard InChI is InChI=1S/C19H17NO2/c21-17-12-19(11-16(19)15-9-5-2-6-10-15)18(22)20(17)13-14-7-3-1-4-8-14/h1-10,16H,11-13H2. The minimum absolute atomic E-state index is 0.00945. The van der Waals surface area contributed by atoms with Gasteiger partial charge in [0.15, 0.2) is 0 Å².